The summed E-state index contributed by atoms with van der Waals surface area (Å²) in [5.74, 6) is 0.404. The van der Waals surface area contributed by atoms with Crippen LogP contribution in [-0.2, 0) is 9.53 Å². The molecule has 0 unspecified atom stereocenters. The van der Waals surface area contributed by atoms with Crippen LogP contribution >= 0.6 is 0 Å². The minimum atomic E-state index is 0.130. The number of rotatable bonds is 2. The van der Waals surface area contributed by atoms with Crippen molar-refractivity contribution in [2.75, 3.05) is 42.6 Å². The van der Waals surface area contributed by atoms with Crippen LogP contribution in [0.1, 0.15) is 19.8 Å². The van der Waals surface area contributed by atoms with Gasteiger partial charge in [0.2, 0.25) is 5.91 Å². The summed E-state index contributed by atoms with van der Waals surface area (Å²) in [6, 6.07) is 8.24. The van der Waals surface area contributed by atoms with Crippen molar-refractivity contribution in [1.29, 1.82) is 0 Å². The first-order valence-corrected chi connectivity index (χ1v) is 7.54. The van der Waals surface area contributed by atoms with Crippen LogP contribution in [0.15, 0.2) is 24.3 Å². The summed E-state index contributed by atoms with van der Waals surface area (Å²) in [4.78, 5) is 17.1. The molecule has 0 N–H and O–H groups in total. The Balaban J connectivity index is 1.85. The number of carbonyl (C=O) groups excluding carboxylic acids is 1. The van der Waals surface area contributed by atoms with Gasteiger partial charge in [-0.2, -0.15) is 0 Å². The zero-order chi connectivity index (χ0) is 13.9. The number of likely N-dealkylation sites (N-methyl/N-ethyl adjacent to an activating group) is 1. The number of carbonyl (C=O) groups is 1. The zero-order valence-electron chi connectivity index (χ0n) is 12.0. The Kier molecular flexibility index (Phi) is 3.92. The quantitative estimate of drug-likeness (QED) is 0.829. The third-order valence-electron chi connectivity index (χ3n) is 4.33. The van der Waals surface area contributed by atoms with Gasteiger partial charge >= 0.3 is 0 Å². The number of ether oxygens (including phenoxy) is 1. The maximum Gasteiger partial charge on any atom is 0.230 e. The van der Waals surface area contributed by atoms with Crippen molar-refractivity contribution in [2.24, 2.45) is 5.92 Å². The molecular weight excluding hydrogens is 252 g/mol. The Hall–Kier alpha value is -1.55. The number of nitrogens with zero attached hydrogens (tertiary/aromatic N) is 2. The Labute approximate surface area is 120 Å². The molecule has 2 heterocycles. The highest BCUT2D eigenvalue weighted by atomic mass is 16.5. The number of para-hydroxylation sites is 2. The Bertz CT molecular complexity index is 483. The van der Waals surface area contributed by atoms with Crippen LogP contribution in [0, 0.1) is 5.92 Å². The smallest absolute Gasteiger partial charge is 0.230 e. The fourth-order valence-electron chi connectivity index (χ4n) is 3.14. The highest BCUT2D eigenvalue weighted by Gasteiger charge is 2.31. The summed E-state index contributed by atoms with van der Waals surface area (Å²) in [6.07, 6.45) is 1.71. The van der Waals surface area contributed by atoms with Crippen LogP contribution in [0.2, 0.25) is 0 Å². The molecule has 4 heteroatoms. The van der Waals surface area contributed by atoms with Gasteiger partial charge in [0, 0.05) is 38.8 Å². The molecule has 2 aliphatic rings. The van der Waals surface area contributed by atoms with Crippen LogP contribution < -0.4 is 9.80 Å². The number of anilines is 2. The Morgan fingerprint density at radius 1 is 1.20 bits per heavy atom. The lowest BCUT2D eigenvalue weighted by Gasteiger charge is -2.39. The van der Waals surface area contributed by atoms with Gasteiger partial charge in [-0.05, 0) is 31.9 Å². The van der Waals surface area contributed by atoms with Gasteiger partial charge in [0.15, 0.2) is 0 Å². The van der Waals surface area contributed by atoms with Gasteiger partial charge in [0.25, 0.3) is 0 Å². The number of hydrogen-bond acceptors (Lipinski definition) is 3. The molecule has 20 heavy (non-hydrogen) atoms. The van der Waals surface area contributed by atoms with Gasteiger partial charge in [-0.15, -0.1) is 0 Å². The molecule has 108 valence electrons. The predicted octanol–water partition coefficient (Wildman–Crippen LogP) is 2.29. The van der Waals surface area contributed by atoms with Crippen molar-refractivity contribution in [3.63, 3.8) is 0 Å². The summed E-state index contributed by atoms with van der Waals surface area (Å²) in [7, 11) is 0. The molecule has 1 fully saturated rings. The van der Waals surface area contributed by atoms with Crippen LogP contribution in [0.3, 0.4) is 0 Å². The number of amides is 1. The van der Waals surface area contributed by atoms with E-state index in [2.05, 4.69) is 24.0 Å². The molecule has 0 aromatic heterocycles. The van der Waals surface area contributed by atoms with Gasteiger partial charge in [-0.25, -0.2) is 0 Å². The topological polar surface area (TPSA) is 32.8 Å². The van der Waals surface area contributed by atoms with Crippen LogP contribution in [-0.4, -0.2) is 38.8 Å². The molecule has 0 saturated carbocycles. The summed E-state index contributed by atoms with van der Waals surface area (Å²) >= 11 is 0. The minimum absolute atomic E-state index is 0.130. The predicted molar refractivity (Wildman–Crippen MR) is 80.2 cm³/mol. The summed E-state index contributed by atoms with van der Waals surface area (Å²) in [5, 5.41) is 0. The van der Waals surface area contributed by atoms with E-state index in [0.717, 1.165) is 38.2 Å². The molecule has 0 bridgehead atoms. The fourth-order valence-corrected chi connectivity index (χ4v) is 3.14. The number of hydrogen-bond donors (Lipinski definition) is 0. The first-order chi connectivity index (χ1) is 9.81. The average molecular weight is 274 g/mol. The van der Waals surface area contributed by atoms with Gasteiger partial charge in [0.05, 0.1) is 11.4 Å². The lowest BCUT2D eigenvalue weighted by atomic mass is 9.97. The van der Waals surface area contributed by atoms with E-state index in [4.69, 9.17) is 4.74 Å². The first-order valence-electron chi connectivity index (χ1n) is 7.54. The molecule has 1 amide bonds. The Morgan fingerprint density at radius 3 is 2.60 bits per heavy atom. The van der Waals surface area contributed by atoms with Crippen molar-refractivity contribution < 1.29 is 9.53 Å². The monoisotopic (exact) mass is 274 g/mol. The Morgan fingerprint density at radius 2 is 1.90 bits per heavy atom. The maximum absolute atomic E-state index is 12.8. The SMILES string of the molecule is CCN1CCN(C(=O)C2CCOCC2)c2ccccc21. The van der Waals surface area contributed by atoms with Crippen molar-refractivity contribution in [3.05, 3.63) is 24.3 Å². The largest absolute Gasteiger partial charge is 0.381 e. The molecule has 0 spiro atoms. The third-order valence-corrected chi connectivity index (χ3v) is 4.33. The van der Waals surface area contributed by atoms with Crippen molar-refractivity contribution >= 4 is 17.3 Å². The molecule has 4 nitrogen and oxygen atoms in total. The molecule has 3 rings (SSSR count). The fraction of sp³-hybridized carbons (Fsp3) is 0.562. The van der Waals surface area contributed by atoms with E-state index < -0.39 is 0 Å². The van der Waals surface area contributed by atoms with E-state index in [-0.39, 0.29) is 11.8 Å². The molecule has 1 saturated heterocycles. The van der Waals surface area contributed by atoms with Gasteiger partial charge in [-0.1, -0.05) is 12.1 Å². The van der Waals surface area contributed by atoms with Gasteiger partial charge in [0.1, 0.15) is 0 Å². The normalized spacial score (nSPS) is 19.9. The van der Waals surface area contributed by atoms with Crippen LogP contribution in [0.25, 0.3) is 0 Å². The van der Waals surface area contributed by atoms with E-state index in [9.17, 15) is 4.79 Å². The number of benzene rings is 1. The van der Waals surface area contributed by atoms with Crippen LogP contribution in [0.5, 0.6) is 0 Å². The molecule has 0 atom stereocenters. The highest BCUT2D eigenvalue weighted by molar-refractivity contribution is 5.99. The van der Waals surface area contributed by atoms with Crippen molar-refractivity contribution in [3.8, 4) is 0 Å². The minimum Gasteiger partial charge on any atom is -0.381 e. The summed E-state index contributed by atoms with van der Waals surface area (Å²) in [5.41, 5.74) is 2.25. The lowest BCUT2D eigenvalue weighted by Crippen LogP contribution is -2.47. The second-order valence-corrected chi connectivity index (χ2v) is 5.44. The van der Waals surface area contributed by atoms with E-state index >= 15 is 0 Å². The second kappa shape index (κ2) is 5.83. The molecule has 0 radical (unpaired) electrons. The van der Waals surface area contributed by atoms with E-state index in [1.54, 1.807) is 0 Å². The number of fused-ring (bicyclic) bond motifs is 1. The summed E-state index contributed by atoms with van der Waals surface area (Å²) in [6.45, 7) is 6.28. The molecule has 1 aromatic carbocycles. The highest BCUT2D eigenvalue weighted by Crippen LogP contribution is 2.34. The van der Waals surface area contributed by atoms with Gasteiger partial charge in [-0.3, -0.25) is 4.79 Å². The second-order valence-electron chi connectivity index (χ2n) is 5.44. The van der Waals surface area contributed by atoms with E-state index in [1.807, 2.05) is 17.0 Å². The molecule has 1 aromatic rings. The molecule has 2 aliphatic heterocycles. The van der Waals surface area contributed by atoms with Crippen molar-refractivity contribution in [1.82, 2.24) is 0 Å². The lowest BCUT2D eigenvalue weighted by molar-refractivity contribution is -0.125. The first kappa shape index (κ1) is 13.4. The third kappa shape index (κ3) is 2.40. The van der Waals surface area contributed by atoms with E-state index in [1.165, 1.54) is 5.69 Å². The summed E-state index contributed by atoms with van der Waals surface area (Å²) < 4.78 is 5.36. The van der Waals surface area contributed by atoms with Crippen LogP contribution in [0.4, 0.5) is 11.4 Å². The van der Waals surface area contributed by atoms with Crippen molar-refractivity contribution in [2.45, 2.75) is 19.8 Å². The standard InChI is InChI=1S/C16H22N2O2/c1-2-17-9-10-18(15-6-4-3-5-14(15)17)16(19)13-7-11-20-12-8-13/h3-6,13H,2,7-12H2,1H3. The zero-order valence-corrected chi connectivity index (χ0v) is 12.0. The average Bonchev–Trinajstić information content (AvgIpc) is 2.54. The molecule has 0 aliphatic carbocycles. The molecular formula is C16H22N2O2. The van der Waals surface area contributed by atoms with E-state index in [0.29, 0.717) is 13.2 Å². The maximum atomic E-state index is 12.8. The van der Waals surface area contributed by atoms with Gasteiger partial charge < -0.3 is 14.5 Å².